The van der Waals surface area contributed by atoms with Crippen molar-refractivity contribution >= 4 is 49.1 Å². The van der Waals surface area contributed by atoms with E-state index in [4.69, 9.17) is 5.73 Å². The molecular formula is C15H15NTe2. The van der Waals surface area contributed by atoms with Gasteiger partial charge >= 0.3 is 130 Å². The Kier molecular flexibility index (Phi) is 6.29. The van der Waals surface area contributed by atoms with Crippen LogP contribution in [0.5, 0.6) is 0 Å². The van der Waals surface area contributed by atoms with Crippen LogP contribution >= 0.6 is 0 Å². The third-order valence-corrected chi connectivity index (χ3v) is 9.42. The Morgan fingerprint density at radius 3 is 2.00 bits per heavy atom. The van der Waals surface area contributed by atoms with Gasteiger partial charge in [0.05, 0.1) is 0 Å². The van der Waals surface area contributed by atoms with E-state index in [9.17, 15) is 0 Å². The Morgan fingerprint density at radius 1 is 0.889 bits per heavy atom. The zero-order valence-corrected chi connectivity index (χ0v) is 14.6. The number of hydrogen-bond donors (Lipinski definition) is 1. The Hall–Kier alpha value is -0.281. The van der Waals surface area contributed by atoms with Crippen molar-refractivity contribution in [2.24, 2.45) is 5.73 Å². The van der Waals surface area contributed by atoms with Gasteiger partial charge in [0.2, 0.25) is 0 Å². The molecule has 2 N–H and O–H groups in total. The summed E-state index contributed by atoms with van der Waals surface area (Å²) in [5, 5.41) is 0. The first-order chi connectivity index (χ1) is 8.88. The Labute approximate surface area is 129 Å². The summed E-state index contributed by atoms with van der Waals surface area (Å²) in [6, 6.07) is 21.5. The molecule has 0 atom stereocenters. The normalized spacial score (nSPS) is 11.5. The minimum atomic E-state index is -0.260. The van der Waals surface area contributed by atoms with Gasteiger partial charge in [0.15, 0.2) is 0 Å². The second-order valence-corrected chi connectivity index (χ2v) is 9.75. The van der Waals surface area contributed by atoms with Crippen LogP contribution in [0.4, 0.5) is 0 Å². The van der Waals surface area contributed by atoms with Crippen LogP contribution in [0, 0.1) is 0 Å². The molecule has 0 fully saturated rings. The SMILES string of the molecule is NC/C(=C\[Te]c1ccccc1)[Te]c1ccccc1. The van der Waals surface area contributed by atoms with Crippen molar-refractivity contribution in [1.29, 1.82) is 0 Å². The van der Waals surface area contributed by atoms with Crippen molar-refractivity contribution in [1.82, 2.24) is 0 Å². The number of rotatable bonds is 5. The first-order valence-corrected chi connectivity index (χ1v) is 10.6. The molecule has 0 saturated heterocycles. The van der Waals surface area contributed by atoms with E-state index in [0.29, 0.717) is 6.54 Å². The molecule has 0 aliphatic carbocycles. The van der Waals surface area contributed by atoms with E-state index >= 15 is 0 Å². The summed E-state index contributed by atoms with van der Waals surface area (Å²) >= 11 is -0.473. The molecule has 0 amide bonds. The number of benzene rings is 2. The molecule has 3 heteroatoms. The van der Waals surface area contributed by atoms with Crippen LogP contribution < -0.4 is 13.0 Å². The van der Waals surface area contributed by atoms with Gasteiger partial charge in [-0.3, -0.25) is 0 Å². The molecule has 0 heterocycles. The van der Waals surface area contributed by atoms with Gasteiger partial charge in [-0.05, 0) is 0 Å². The topological polar surface area (TPSA) is 26.0 Å². The quantitative estimate of drug-likeness (QED) is 0.653. The van der Waals surface area contributed by atoms with E-state index in [-0.39, 0.29) is 41.8 Å². The minimum absolute atomic E-state index is 0.213. The molecule has 0 aromatic heterocycles. The van der Waals surface area contributed by atoms with E-state index in [1.165, 1.54) is 10.8 Å². The zero-order chi connectivity index (χ0) is 12.6. The van der Waals surface area contributed by atoms with Gasteiger partial charge in [-0.15, -0.1) is 0 Å². The summed E-state index contributed by atoms with van der Waals surface area (Å²) in [5.74, 6) is 0. The van der Waals surface area contributed by atoms with Crippen molar-refractivity contribution in [3.05, 3.63) is 68.4 Å². The third-order valence-electron chi connectivity index (χ3n) is 2.26. The number of hydrogen-bond acceptors (Lipinski definition) is 1. The van der Waals surface area contributed by atoms with Crippen molar-refractivity contribution in [2.75, 3.05) is 6.54 Å². The Morgan fingerprint density at radius 2 is 1.44 bits per heavy atom. The van der Waals surface area contributed by atoms with Crippen LogP contribution in [0.15, 0.2) is 68.4 Å². The third kappa shape index (κ3) is 4.77. The molecule has 0 spiro atoms. The van der Waals surface area contributed by atoms with Gasteiger partial charge in [-0.1, -0.05) is 0 Å². The van der Waals surface area contributed by atoms with Gasteiger partial charge in [-0.2, -0.15) is 0 Å². The van der Waals surface area contributed by atoms with Gasteiger partial charge in [0.25, 0.3) is 0 Å². The Bertz CT molecular complexity index is 494. The maximum absolute atomic E-state index is 5.87. The van der Waals surface area contributed by atoms with Crippen LogP contribution in [-0.4, -0.2) is 48.4 Å². The second kappa shape index (κ2) is 8.00. The van der Waals surface area contributed by atoms with Crippen molar-refractivity contribution in [3.8, 4) is 0 Å². The monoisotopic (exact) mass is 469 g/mol. The maximum atomic E-state index is 5.87. The fourth-order valence-electron chi connectivity index (χ4n) is 1.39. The summed E-state index contributed by atoms with van der Waals surface area (Å²) in [4.78, 5) is 0. The summed E-state index contributed by atoms with van der Waals surface area (Å²) in [7, 11) is 0. The van der Waals surface area contributed by atoms with Gasteiger partial charge in [0.1, 0.15) is 0 Å². The molecule has 92 valence electrons. The Balaban J connectivity index is 2.00. The predicted molar refractivity (Wildman–Crippen MR) is 80.8 cm³/mol. The summed E-state index contributed by atoms with van der Waals surface area (Å²) in [5.41, 5.74) is 5.87. The summed E-state index contributed by atoms with van der Waals surface area (Å²) < 4.78 is 6.88. The standard InChI is InChI=1S/C15H15NTe2/c16-11-15(18-14-9-5-2-6-10-14)12-17-13-7-3-1-4-8-13/h1-10,12H,11,16H2/b15-12+. The molecule has 0 unspecified atom stereocenters. The van der Waals surface area contributed by atoms with E-state index in [1.54, 1.807) is 0 Å². The van der Waals surface area contributed by atoms with Gasteiger partial charge in [0, 0.05) is 0 Å². The molecule has 0 radical (unpaired) electrons. The average Bonchev–Trinajstić information content (AvgIpc) is 2.45. The summed E-state index contributed by atoms with van der Waals surface area (Å²) in [6.45, 7) is 0.717. The van der Waals surface area contributed by atoms with Crippen LogP contribution in [0.25, 0.3) is 0 Å². The van der Waals surface area contributed by atoms with Crippen LogP contribution in [0.3, 0.4) is 0 Å². The van der Waals surface area contributed by atoms with E-state index in [1.807, 2.05) is 0 Å². The zero-order valence-electron chi connectivity index (χ0n) is 9.95. The van der Waals surface area contributed by atoms with Crippen LogP contribution in [0.1, 0.15) is 0 Å². The first-order valence-electron chi connectivity index (χ1n) is 5.72. The van der Waals surface area contributed by atoms with Crippen LogP contribution in [0.2, 0.25) is 0 Å². The molecule has 0 bridgehead atoms. The predicted octanol–water partition coefficient (Wildman–Crippen LogP) is 0.846. The molecule has 1 nitrogen and oxygen atoms in total. The second-order valence-electron chi connectivity index (χ2n) is 3.63. The van der Waals surface area contributed by atoms with Gasteiger partial charge in [-0.25, -0.2) is 0 Å². The fraction of sp³-hybridized carbons (Fsp3) is 0.0667. The van der Waals surface area contributed by atoms with Crippen molar-refractivity contribution in [2.45, 2.75) is 0 Å². The van der Waals surface area contributed by atoms with E-state index < -0.39 is 0 Å². The van der Waals surface area contributed by atoms with Crippen molar-refractivity contribution < 1.29 is 0 Å². The fourth-order valence-corrected chi connectivity index (χ4v) is 7.24. The van der Waals surface area contributed by atoms with E-state index in [0.717, 1.165) is 0 Å². The van der Waals surface area contributed by atoms with Gasteiger partial charge < -0.3 is 0 Å². The molecule has 2 aromatic rings. The molecule has 18 heavy (non-hydrogen) atoms. The van der Waals surface area contributed by atoms with Crippen LogP contribution in [-0.2, 0) is 0 Å². The average molecular weight is 464 g/mol. The molecule has 2 aromatic carbocycles. The number of nitrogens with two attached hydrogens (primary N) is 1. The molecular weight excluding hydrogens is 449 g/mol. The van der Waals surface area contributed by atoms with Crippen molar-refractivity contribution in [3.63, 3.8) is 0 Å². The molecule has 0 aliphatic rings. The molecule has 0 saturated carbocycles. The summed E-state index contributed by atoms with van der Waals surface area (Å²) in [6.07, 6.45) is 0. The first kappa shape index (κ1) is 14.1. The van der Waals surface area contributed by atoms with E-state index in [2.05, 4.69) is 64.8 Å². The molecule has 2 rings (SSSR count). The molecule has 0 aliphatic heterocycles.